The van der Waals surface area contributed by atoms with Crippen LogP contribution in [0.2, 0.25) is 0 Å². The Kier molecular flexibility index (Phi) is 3.48. The highest BCUT2D eigenvalue weighted by Gasteiger charge is 2.10. The molecule has 0 unspecified atom stereocenters. The van der Waals surface area contributed by atoms with Crippen molar-refractivity contribution in [2.75, 3.05) is 5.32 Å². The largest absolute Gasteiger partial charge is 0.332 e. The molecule has 2 aromatic carbocycles. The third-order valence-corrected chi connectivity index (χ3v) is 3.83. The van der Waals surface area contributed by atoms with Gasteiger partial charge in [0.1, 0.15) is 5.82 Å². The van der Waals surface area contributed by atoms with E-state index in [2.05, 4.69) is 10.3 Å². The Morgan fingerprint density at radius 1 is 1.00 bits per heavy atom. The highest BCUT2D eigenvalue weighted by molar-refractivity contribution is 7.16. The summed E-state index contributed by atoms with van der Waals surface area (Å²) in [5.74, 6) is -0.232. The number of thiazole rings is 1. The van der Waals surface area contributed by atoms with Gasteiger partial charge in [0.05, 0.1) is 5.69 Å². The van der Waals surface area contributed by atoms with Gasteiger partial charge in [-0.15, -0.1) is 11.3 Å². The zero-order chi connectivity index (χ0) is 13.9. The number of nitrogens with zero attached hydrogens (tertiary/aromatic N) is 1. The van der Waals surface area contributed by atoms with Gasteiger partial charge in [-0.05, 0) is 43.3 Å². The summed E-state index contributed by atoms with van der Waals surface area (Å²) in [6.07, 6.45) is 0. The molecule has 0 atom stereocenters. The smallest absolute Gasteiger partial charge is 0.187 e. The fraction of sp³-hybridized carbons (Fsp3) is 0.0625. The molecule has 100 valence electrons. The SMILES string of the molecule is Cc1sc(Nc2ccccc2)nc1-c1ccc(F)cc1. The van der Waals surface area contributed by atoms with E-state index < -0.39 is 0 Å². The molecule has 1 aromatic heterocycles. The molecule has 1 N–H and O–H groups in total. The maximum Gasteiger partial charge on any atom is 0.187 e. The monoisotopic (exact) mass is 284 g/mol. The number of aryl methyl sites for hydroxylation is 1. The van der Waals surface area contributed by atoms with Crippen LogP contribution in [0.5, 0.6) is 0 Å². The second-order valence-electron chi connectivity index (χ2n) is 4.42. The van der Waals surface area contributed by atoms with Gasteiger partial charge in [0.2, 0.25) is 0 Å². The first-order valence-corrected chi connectivity index (χ1v) is 7.09. The topological polar surface area (TPSA) is 24.9 Å². The molecule has 0 radical (unpaired) electrons. The molecule has 0 aliphatic heterocycles. The van der Waals surface area contributed by atoms with Crippen LogP contribution < -0.4 is 5.32 Å². The summed E-state index contributed by atoms with van der Waals surface area (Å²) in [6.45, 7) is 2.02. The summed E-state index contributed by atoms with van der Waals surface area (Å²) >= 11 is 1.59. The minimum Gasteiger partial charge on any atom is -0.332 e. The zero-order valence-electron chi connectivity index (χ0n) is 10.9. The van der Waals surface area contributed by atoms with Crippen molar-refractivity contribution in [3.8, 4) is 11.3 Å². The molecule has 20 heavy (non-hydrogen) atoms. The van der Waals surface area contributed by atoms with Crippen LogP contribution >= 0.6 is 11.3 Å². The summed E-state index contributed by atoms with van der Waals surface area (Å²) in [6, 6.07) is 16.3. The number of halogens is 1. The molecule has 3 aromatic rings. The third-order valence-electron chi connectivity index (χ3n) is 2.94. The van der Waals surface area contributed by atoms with Crippen molar-refractivity contribution < 1.29 is 4.39 Å². The molecule has 0 fully saturated rings. The van der Waals surface area contributed by atoms with E-state index >= 15 is 0 Å². The normalized spacial score (nSPS) is 10.5. The molecule has 1 heterocycles. The zero-order valence-corrected chi connectivity index (χ0v) is 11.7. The number of anilines is 2. The van der Waals surface area contributed by atoms with Gasteiger partial charge < -0.3 is 5.32 Å². The average Bonchev–Trinajstić information content (AvgIpc) is 2.81. The van der Waals surface area contributed by atoms with Crippen molar-refractivity contribution in [2.45, 2.75) is 6.92 Å². The van der Waals surface area contributed by atoms with Crippen molar-refractivity contribution in [3.05, 3.63) is 65.3 Å². The molecule has 0 saturated heterocycles. The van der Waals surface area contributed by atoms with E-state index in [0.717, 1.165) is 27.0 Å². The standard InChI is InChI=1S/C16H13FN2S/c1-11-15(12-7-9-13(17)10-8-12)19-16(20-11)18-14-5-3-2-4-6-14/h2-10H,1H3,(H,18,19). The van der Waals surface area contributed by atoms with Crippen molar-refractivity contribution in [1.82, 2.24) is 4.98 Å². The Morgan fingerprint density at radius 2 is 1.70 bits per heavy atom. The van der Waals surface area contributed by atoms with Gasteiger partial charge in [0, 0.05) is 16.1 Å². The lowest BCUT2D eigenvalue weighted by Gasteiger charge is -2.01. The molecular weight excluding hydrogens is 271 g/mol. The Bertz CT molecular complexity index is 705. The van der Waals surface area contributed by atoms with Gasteiger partial charge >= 0.3 is 0 Å². The maximum atomic E-state index is 13.0. The highest BCUT2D eigenvalue weighted by Crippen LogP contribution is 2.31. The predicted octanol–water partition coefficient (Wildman–Crippen LogP) is 5.00. The molecule has 0 spiro atoms. The fourth-order valence-corrected chi connectivity index (χ4v) is 2.83. The first-order valence-electron chi connectivity index (χ1n) is 6.28. The summed E-state index contributed by atoms with van der Waals surface area (Å²) in [5, 5.41) is 4.12. The lowest BCUT2D eigenvalue weighted by atomic mass is 10.1. The van der Waals surface area contributed by atoms with E-state index in [0.29, 0.717) is 0 Å². The summed E-state index contributed by atoms with van der Waals surface area (Å²) in [4.78, 5) is 5.70. The first-order chi connectivity index (χ1) is 9.72. The van der Waals surface area contributed by atoms with Gasteiger partial charge in [-0.3, -0.25) is 0 Å². The number of para-hydroxylation sites is 1. The van der Waals surface area contributed by atoms with Crippen LogP contribution in [0.1, 0.15) is 4.88 Å². The molecule has 0 aliphatic rings. The van der Waals surface area contributed by atoms with Crippen LogP contribution in [0.3, 0.4) is 0 Å². The second-order valence-corrected chi connectivity index (χ2v) is 5.62. The van der Waals surface area contributed by atoms with E-state index in [1.165, 1.54) is 12.1 Å². The summed E-state index contributed by atoms with van der Waals surface area (Å²) < 4.78 is 13.0. The quantitative estimate of drug-likeness (QED) is 0.732. The van der Waals surface area contributed by atoms with E-state index in [4.69, 9.17) is 0 Å². The fourth-order valence-electron chi connectivity index (χ4n) is 1.97. The van der Waals surface area contributed by atoms with Gasteiger partial charge in [-0.2, -0.15) is 0 Å². The van der Waals surface area contributed by atoms with Crippen molar-refractivity contribution in [2.24, 2.45) is 0 Å². The number of nitrogens with one attached hydrogen (secondary N) is 1. The van der Waals surface area contributed by atoms with Crippen LogP contribution in [0, 0.1) is 12.7 Å². The summed E-state index contributed by atoms with van der Waals surface area (Å²) in [5.41, 5.74) is 2.83. The van der Waals surface area contributed by atoms with Crippen LogP contribution in [0.4, 0.5) is 15.2 Å². The Labute approximate surface area is 120 Å². The number of hydrogen-bond acceptors (Lipinski definition) is 3. The number of hydrogen-bond donors (Lipinski definition) is 1. The number of aromatic nitrogens is 1. The van der Waals surface area contributed by atoms with E-state index in [1.54, 1.807) is 23.5 Å². The molecule has 2 nitrogen and oxygen atoms in total. The van der Waals surface area contributed by atoms with Gasteiger partial charge in [-0.25, -0.2) is 9.37 Å². The van der Waals surface area contributed by atoms with E-state index in [1.807, 2.05) is 37.3 Å². The molecule has 0 bridgehead atoms. The van der Waals surface area contributed by atoms with Gasteiger partial charge in [0.15, 0.2) is 5.13 Å². The number of rotatable bonds is 3. The molecule has 0 amide bonds. The molecule has 0 aliphatic carbocycles. The molecule has 4 heteroatoms. The van der Waals surface area contributed by atoms with Crippen molar-refractivity contribution in [1.29, 1.82) is 0 Å². The minimum atomic E-state index is -0.232. The second kappa shape index (κ2) is 5.43. The van der Waals surface area contributed by atoms with Crippen molar-refractivity contribution >= 4 is 22.2 Å². The minimum absolute atomic E-state index is 0.232. The van der Waals surface area contributed by atoms with Crippen molar-refractivity contribution in [3.63, 3.8) is 0 Å². The molecular formula is C16H13FN2S. The van der Waals surface area contributed by atoms with Crippen LogP contribution in [-0.2, 0) is 0 Å². The third kappa shape index (κ3) is 2.70. The average molecular weight is 284 g/mol. The van der Waals surface area contributed by atoms with Gasteiger partial charge in [-0.1, -0.05) is 18.2 Å². The Morgan fingerprint density at radius 3 is 2.40 bits per heavy atom. The van der Waals surface area contributed by atoms with E-state index in [9.17, 15) is 4.39 Å². The lowest BCUT2D eigenvalue weighted by Crippen LogP contribution is -1.88. The van der Waals surface area contributed by atoms with E-state index in [-0.39, 0.29) is 5.82 Å². The predicted molar refractivity (Wildman–Crippen MR) is 82.0 cm³/mol. The molecule has 0 saturated carbocycles. The Hall–Kier alpha value is -2.20. The lowest BCUT2D eigenvalue weighted by molar-refractivity contribution is 0.628. The maximum absolute atomic E-state index is 13.0. The van der Waals surface area contributed by atoms with Crippen LogP contribution in [0.15, 0.2) is 54.6 Å². The number of benzene rings is 2. The Balaban J connectivity index is 1.89. The van der Waals surface area contributed by atoms with Crippen LogP contribution in [0.25, 0.3) is 11.3 Å². The van der Waals surface area contributed by atoms with Gasteiger partial charge in [0.25, 0.3) is 0 Å². The first kappa shape index (κ1) is 12.8. The highest BCUT2D eigenvalue weighted by atomic mass is 32.1. The summed E-state index contributed by atoms with van der Waals surface area (Å²) in [7, 11) is 0. The van der Waals surface area contributed by atoms with Crippen LogP contribution in [-0.4, -0.2) is 4.98 Å². The molecule has 3 rings (SSSR count).